The normalized spacial score (nSPS) is 15.7. The molecular formula is C14H15N5O4. The number of carbonyl (C=O) groups is 2. The summed E-state index contributed by atoms with van der Waals surface area (Å²) in [5, 5.41) is 7.32. The van der Waals surface area contributed by atoms with Gasteiger partial charge in [-0.2, -0.15) is 5.10 Å². The van der Waals surface area contributed by atoms with Crippen LogP contribution in [0.3, 0.4) is 0 Å². The topological polar surface area (TPSA) is 108 Å². The van der Waals surface area contributed by atoms with Crippen LogP contribution in [-0.4, -0.2) is 52.3 Å². The molecule has 3 heterocycles. The molecule has 1 N–H and O–H groups in total. The maximum Gasteiger partial charge on any atom is 0.375 e. The van der Waals surface area contributed by atoms with Crippen molar-refractivity contribution in [2.24, 2.45) is 0 Å². The number of nitrogens with zero attached hydrogens (tertiary/aromatic N) is 4. The summed E-state index contributed by atoms with van der Waals surface area (Å²) >= 11 is 0. The van der Waals surface area contributed by atoms with Gasteiger partial charge in [0, 0.05) is 12.1 Å². The number of fused-ring (bicyclic) bond motifs is 1. The van der Waals surface area contributed by atoms with Gasteiger partial charge in [-0.1, -0.05) is 0 Å². The number of anilines is 1. The number of esters is 1. The summed E-state index contributed by atoms with van der Waals surface area (Å²) in [6.07, 6.45) is 3.03. The highest BCUT2D eigenvalue weighted by molar-refractivity contribution is 6.36. The third-order valence-corrected chi connectivity index (χ3v) is 3.64. The number of carbonyl (C=O) groups excluding carboxylic acids is 2. The predicted molar refractivity (Wildman–Crippen MR) is 78.7 cm³/mol. The number of aryl methyl sites for hydroxylation is 1. The molecule has 120 valence electrons. The average molecular weight is 317 g/mol. The predicted octanol–water partition coefficient (Wildman–Crippen LogP) is 0.231. The van der Waals surface area contributed by atoms with Gasteiger partial charge in [0.25, 0.3) is 0 Å². The number of hydrogen-bond acceptors (Lipinski definition) is 8. The first-order chi connectivity index (χ1) is 11.1. The lowest BCUT2D eigenvalue weighted by Crippen LogP contribution is -2.24. The first kappa shape index (κ1) is 14.9. The number of aromatic nitrogens is 4. The minimum Gasteiger partial charge on any atom is -0.495 e. The van der Waals surface area contributed by atoms with Gasteiger partial charge in [0.1, 0.15) is 17.9 Å². The molecule has 0 aliphatic carbocycles. The first-order valence-electron chi connectivity index (χ1n) is 6.88. The summed E-state index contributed by atoms with van der Waals surface area (Å²) in [7, 11) is 2.66. The Kier molecular flexibility index (Phi) is 3.68. The fourth-order valence-corrected chi connectivity index (χ4v) is 2.57. The SMILES string of the molecule is COC(=O)C(=O)C1CNc2c(-n3cnc(C)n3)ncc(OC)c21. The van der Waals surface area contributed by atoms with Gasteiger partial charge in [-0.15, -0.1) is 0 Å². The Bertz CT molecular complexity index is 785. The highest BCUT2D eigenvalue weighted by atomic mass is 16.5. The van der Waals surface area contributed by atoms with Crippen molar-refractivity contribution in [1.82, 2.24) is 19.7 Å². The Morgan fingerprint density at radius 2 is 2.13 bits per heavy atom. The zero-order valence-electron chi connectivity index (χ0n) is 12.9. The smallest absolute Gasteiger partial charge is 0.375 e. The minimum absolute atomic E-state index is 0.256. The van der Waals surface area contributed by atoms with Gasteiger partial charge in [-0.25, -0.2) is 19.4 Å². The first-order valence-corrected chi connectivity index (χ1v) is 6.88. The molecular weight excluding hydrogens is 302 g/mol. The molecule has 9 nitrogen and oxygen atoms in total. The van der Waals surface area contributed by atoms with E-state index in [1.54, 1.807) is 6.92 Å². The molecule has 2 aromatic heterocycles. The van der Waals surface area contributed by atoms with Crippen molar-refractivity contribution in [3.8, 4) is 11.6 Å². The van der Waals surface area contributed by atoms with E-state index in [2.05, 4.69) is 25.1 Å². The fourth-order valence-electron chi connectivity index (χ4n) is 2.57. The van der Waals surface area contributed by atoms with Gasteiger partial charge in [-0.05, 0) is 6.92 Å². The summed E-state index contributed by atoms with van der Waals surface area (Å²) in [4.78, 5) is 32.2. The molecule has 0 spiro atoms. The molecule has 9 heteroatoms. The molecule has 0 bridgehead atoms. The van der Waals surface area contributed by atoms with Crippen LogP contribution in [0.25, 0.3) is 5.82 Å². The number of hydrogen-bond donors (Lipinski definition) is 1. The third-order valence-electron chi connectivity index (χ3n) is 3.64. The van der Waals surface area contributed by atoms with Crippen LogP contribution in [0.1, 0.15) is 17.3 Å². The molecule has 0 saturated carbocycles. The Morgan fingerprint density at radius 3 is 2.74 bits per heavy atom. The number of ether oxygens (including phenoxy) is 2. The zero-order valence-corrected chi connectivity index (χ0v) is 12.9. The molecule has 1 aliphatic heterocycles. The lowest BCUT2D eigenvalue weighted by Gasteiger charge is -2.13. The molecule has 1 atom stereocenters. The summed E-state index contributed by atoms with van der Waals surface area (Å²) in [5.74, 6) is -0.713. The summed E-state index contributed by atoms with van der Waals surface area (Å²) in [5.41, 5.74) is 1.16. The molecule has 0 fully saturated rings. The van der Waals surface area contributed by atoms with Crippen LogP contribution in [0.5, 0.6) is 5.75 Å². The molecule has 0 aromatic carbocycles. The van der Waals surface area contributed by atoms with E-state index in [1.807, 2.05) is 0 Å². The van der Waals surface area contributed by atoms with Crippen LogP contribution in [0.2, 0.25) is 0 Å². The van der Waals surface area contributed by atoms with Gasteiger partial charge in [-0.3, -0.25) is 4.79 Å². The maximum atomic E-state index is 12.2. The molecule has 3 rings (SSSR count). The second-order valence-corrected chi connectivity index (χ2v) is 4.96. The molecule has 1 unspecified atom stereocenters. The quantitative estimate of drug-likeness (QED) is 0.630. The van der Waals surface area contributed by atoms with Crippen molar-refractivity contribution < 1.29 is 19.1 Å². The van der Waals surface area contributed by atoms with Crippen molar-refractivity contribution in [2.75, 3.05) is 26.1 Å². The van der Waals surface area contributed by atoms with Gasteiger partial charge < -0.3 is 14.8 Å². The van der Waals surface area contributed by atoms with Crippen LogP contribution in [0.4, 0.5) is 5.69 Å². The molecule has 0 saturated heterocycles. The summed E-state index contributed by atoms with van der Waals surface area (Å²) in [6, 6.07) is 0. The molecule has 1 aliphatic rings. The third kappa shape index (κ3) is 2.39. The van der Waals surface area contributed by atoms with E-state index in [1.165, 1.54) is 31.4 Å². The maximum absolute atomic E-state index is 12.2. The molecule has 0 amide bonds. The Morgan fingerprint density at radius 1 is 1.35 bits per heavy atom. The molecule has 0 radical (unpaired) electrons. The Hall–Kier alpha value is -2.97. The Balaban J connectivity index is 2.11. The number of nitrogens with one attached hydrogen (secondary N) is 1. The Labute approximate surface area is 131 Å². The van der Waals surface area contributed by atoms with E-state index >= 15 is 0 Å². The fraction of sp³-hybridized carbons (Fsp3) is 0.357. The van der Waals surface area contributed by atoms with E-state index in [9.17, 15) is 9.59 Å². The van der Waals surface area contributed by atoms with Crippen molar-refractivity contribution in [1.29, 1.82) is 0 Å². The van der Waals surface area contributed by atoms with E-state index in [0.29, 0.717) is 28.6 Å². The zero-order chi connectivity index (χ0) is 16.6. The second-order valence-electron chi connectivity index (χ2n) is 4.96. The van der Waals surface area contributed by atoms with E-state index in [-0.39, 0.29) is 6.54 Å². The highest BCUT2D eigenvalue weighted by Crippen LogP contribution is 2.41. The molecule has 23 heavy (non-hydrogen) atoms. The van der Waals surface area contributed by atoms with Crippen molar-refractivity contribution in [3.05, 3.63) is 23.9 Å². The monoisotopic (exact) mass is 317 g/mol. The average Bonchev–Trinajstić information content (AvgIpc) is 3.19. The lowest BCUT2D eigenvalue weighted by atomic mass is 9.96. The number of pyridine rings is 1. The van der Waals surface area contributed by atoms with Crippen LogP contribution >= 0.6 is 0 Å². The summed E-state index contributed by atoms with van der Waals surface area (Å²) < 4.78 is 11.3. The van der Waals surface area contributed by atoms with Crippen molar-refractivity contribution >= 4 is 17.4 Å². The van der Waals surface area contributed by atoms with Crippen LogP contribution in [-0.2, 0) is 14.3 Å². The number of methoxy groups -OCH3 is 2. The van der Waals surface area contributed by atoms with E-state index in [0.717, 1.165) is 0 Å². The van der Waals surface area contributed by atoms with Crippen LogP contribution in [0, 0.1) is 6.92 Å². The van der Waals surface area contributed by atoms with Crippen LogP contribution in [0.15, 0.2) is 12.5 Å². The van der Waals surface area contributed by atoms with Gasteiger partial charge >= 0.3 is 5.97 Å². The number of Topliss-reactive ketones (excluding diaryl/α,β-unsaturated/α-hetero) is 1. The van der Waals surface area contributed by atoms with E-state index < -0.39 is 17.7 Å². The van der Waals surface area contributed by atoms with Gasteiger partial charge in [0.2, 0.25) is 5.78 Å². The lowest BCUT2D eigenvalue weighted by molar-refractivity contribution is -0.152. The number of ketones is 1. The molecule has 2 aromatic rings. The van der Waals surface area contributed by atoms with Crippen molar-refractivity contribution in [3.63, 3.8) is 0 Å². The van der Waals surface area contributed by atoms with Gasteiger partial charge in [0.05, 0.1) is 32.0 Å². The summed E-state index contributed by atoms with van der Waals surface area (Å²) in [6.45, 7) is 2.02. The number of rotatable bonds is 4. The highest BCUT2D eigenvalue weighted by Gasteiger charge is 2.38. The van der Waals surface area contributed by atoms with E-state index in [4.69, 9.17) is 4.74 Å². The minimum atomic E-state index is -0.887. The van der Waals surface area contributed by atoms with Crippen molar-refractivity contribution in [2.45, 2.75) is 12.8 Å². The largest absolute Gasteiger partial charge is 0.495 e. The van der Waals surface area contributed by atoms with Crippen LogP contribution < -0.4 is 10.1 Å². The standard InChI is InChI=1S/C14H15N5O4/c1-7-17-6-19(18-7)13-11-10(9(22-2)5-16-13)8(4-15-11)12(20)14(21)23-3/h5-6,8,15H,4H2,1-3H3. The van der Waals surface area contributed by atoms with Gasteiger partial charge in [0.15, 0.2) is 5.82 Å². The second kappa shape index (κ2) is 5.67.